The summed E-state index contributed by atoms with van der Waals surface area (Å²) in [5.41, 5.74) is 7.52. The molecule has 2 heterocycles. The number of hydrogen-bond donors (Lipinski definition) is 4. The predicted octanol–water partition coefficient (Wildman–Crippen LogP) is 3.08. The van der Waals surface area contributed by atoms with E-state index >= 15 is 0 Å². The van der Waals surface area contributed by atoms with E-state index in [4.69, 9.17) is 10.5 Å². The number of nitrogen functional groups attached to an aromatic ring is 1. The van der Waals surface area contributed by atoms with Crippen molar-refractivity contribution in [2.75, 3.05) is 12.1 Å². The molecule has 12 heteroatoms. The molecule has 3 atom stereocenters. The van der Waals surface area contributed by atoms with E-state index in [0.29, 0.717) is 17.7 Å². The number of nitrogens with zero attached hydrogens (tertiary/aromatic N) is 4. The highest BCUT2D eigenvalue weighted by Crippen LogP contribution is 2.42. The number of aryl methyl sites for hydroxylation is 1. The first-order valence-corrected chi connectivity index (χ1v) is 12.8. The minimum absolute atomic E-state index is 0.217. The van der Waals surface area contributed by atoms with E-state index < -0.39 is 19.0 Å². The number of carboxylic acids is 1. The van der Waals surface area contributed by atoms with Gasteiger partial charge in [-0.15, -0.1) is 0 Å². The Bertz CT molecular complexity index is 1200. The highest BCUT2D eigenvalue weighted by atomic mass is 31.2. The predicted molar refractivity (Wildman–Crippen MR) is 130 cm³/mol. The molecular weight excluding hydrogens is 457 g/mol. The first kappa shape index (κ1) is 25.8. The van der Waals surface area contributed by atoms with Crippen LogP contribution in [-0.4, -0.2) is 48.6 Å². The van der Waals surface area contributed by atoms with Crippen LogP contribution in [0.25, 0.3) is 11.2 Å². The van der Waals surface area contributed by atoms with Crippen molar-refractivity contribution in [1.82, 2.24) is 29.7 Å². The molecule has 11 nitrogen and oxygen atoms in total. The largest absolute Gasteiger partial charge is 0.480 e. The van der Waals surface area contributed by atoms with Gasteiger partial charge in [0.05, 0.1) is 19.0 Å². The van der Waals surface area contributed by atoms with Crippen molar-refractivity contribution in [3.05, 3.63) is 48.0 Å². The van der Waals surface area contributed by atoms with Gasteiger partial charge < -0.3 is 20.1 Å². The van der Waals surface area contributed by atoms with E-state index in [0.717, 1.165) is 11.1 Å². The summed E-state index contributed by atoms with van der Waals surface area (Å²) in [5.74, 6) is -0.830. The molecule has 0 radical (unpaired) electrons. The van der Waals surface area contributed by atoms with Crippen LogP contribution in [0, 0.1) is 6.92 Å². The van der Waals surface area contributed by atoms with E-state index in [1.165, 1.54) is 20.2 Å². The Kier molecular flexibility index (Phi) is 7.72. The first-order chi connectivity index (χ1) is 15.9. The molecule has 0 amide bonds. The summed E-state index contributed by atoms with van der Waals surface area (Å²) in [6.07, 6.45) is 2.36. The summed E-state index contributed by atoms with van der Waals surface area (Å²) in [7, 11) is -3.50. The van der Waals surface area contributed by atoms with Gasteiger partial charge in [-0.1, -0.05) is 29.8 Å². The molecule has 0 saturated carbocycles. The Labute approximate surface area is 198 Å². The summed E-state index contributed by atoms with van der Waals surface area (Å²) >= 11 is 0. The summed E-state index contributed by atoms with van der Waals surface area (Å²) < 4.78 is 21.6. The zero-order chi connectivity index (χ0) is 25.1. The average Bonchev–Trinajstić information content (AvgIpc) is 3.16. The van der Waals surface area contributed by atoms with Crippen LogP contribution in [0.4, 0.5) is 5.82 Å². The quantitative estimate of drug-likeness (QED) is 0.295. The van der Waals surface area contributed by atoms with Crippen LogP contribution in [0.1, 0.15) is 44.9 Å². The third-order valence-corrected chi connectivity index (χ3v) is 7.64. The lowest BCUT2D eigenvalue weighted by atomic mass is 10.1. The number of anilines is 1. The van der Waals surface area contributed by atoms with E-state index in [2.05, 4.69) is 25.1 Å². The van der Waals surface area contributed by atoms with Gasteiger partial charge in [-0.25, -0.2) is 25.1 Å². The molecule has 0 aliphatic heterocycles. The minimum Gasteiger partial charge on any atom is -0.480 e. The fourth-order valence-corrected chi connectivity index (χ4v) is 5.88. The normalized spacial score (nSPS) is 15.7. The Balaban J connectivity index is 1.74. The molecule has 0 spiro atoms. The maximum atomic E-state index is 13.9. The van der Waals surface area contributed by atoms with Gasteiger partial charge in [-0.05, 0) is 40.2 Å². The zero-order valence-corrected chi connectivity index (χ0v) is 20.9. The fourth-order valence-electron chi connectivity index (χ4n) is 3.44. The molecule has 0 aliphatic rings. The Hall–Kier alpha value is -2.85. The molecule has 0 saturated heterocycles. The third-order valence-electron chi connectivity index (χ3n) is 5.40. The molecular formula is C22H32N7O4P. The molecule has 5 N–H and O–H groups in total. The number of benzene rings is 1. The van der Waals surface area contributed by atoms with Gasteiger partial charge in [0.1, 0.15) is 23.7 Å². The van der Waals surface area contributed by atoms with Gasteiger partial charge in [0.25, 0.3) is 0 Å². The number of nitrogens with two attached hydrogens (primary N) is 1. The van der Waals surface area contributed by atoms with Gasteiger partial charge in [0.15, 0.2) is 11.5 Å². The third kappa shape index (κ3) is 6.18. The second-order valence-electron chi connectivity index (χ2n) is 8.98. The Morgan fingerprint density at radius 2 is 1.91 bits per heavy atom. The molecule has 0 bridgehead atoms. The molecule has 34 heavy (non-hydrogen) atoms. The van der Waals surface area contributed by atoms with Gasteiger partial charge >= 0.3 is 5.97 Å². The SMILES string of the molecule is Cc1ccc([C@@H](C)N[P@](=O)(CO[C@H](C)Cn2cnc3c(N)ncnc32)NC(C)(C)C(=O)O)cc1. The zero-order valence-electron chi connectivity index (χ0n) is 20.0. The lowest BCUT2D eigenvalue weighted by molar-refractivity contribution is -0.142. The summed E-state index contributed by atoms with van der Waals surface area (Å²) in [6.45, 7) is 8.99. The van der Waals surface area contributed by atoms with Crippen LogP contribution in [0.15, 0.2) is 36.9 Å². The molecule has 0 unspecified atom stereocenters. The number of ether oxygens (including phenoxy) is 1. The topological polar surface area (TPSA) is 157 Å². The number of carbonyl (C=O) groups is 1. The monoisotopic (exact) mass is 489 g/mol. The van der Waals surface area contributed by atoms with E-state index in [1.807, 2.05) is 45.0 Å². The van der Waals surface area contributed by atoms with Crippen LogP contribution < -0.4 is 15.9 Å². The van der Waals surface area contributed by atoms with E-state index in [1.54, 1.807) is 10.9 Å². The van der Waals surface area contributed by atoms with Gasteiger partial charge in [0, 0.05) is 6.04 Å². The highest BCUT2D eigenvalue weighted by molar-refractivity contribution is 7.59. The summed E-state index contributed by atoms with van der Waals surface area (Å²) in [5, 5.41) is 15.5. The smallest absolute Gasteiger partial charge is 0.323 e. The minimum atomic E-state index is -3.50. The molecule has 184 valence electrons. The van der Waals surface area contributed by atoms with Gasteiger partial charge in [0.2, 0.25) is 7.44 Å². The van der Waals surface area contributed by atoms with Crippen LogP contribution in [0.2, 0.25) is 0 Å². The van der Waals surface area contributed by atoms with Crippen molar-refractivity contribution < 1.29 is 19.2 Å². The van der Waals surface area contributed by atoms with E-state index in [-0.39, 0.29) is 24.3 Å². The molecule has 3 rings (SSSR count). The maximum absolute atomic E-state index is 13.9. The summed E-state index contributed by atoms with van der Waals surface area (Å²) in [6, 6.07) is 7.52. The van der Waals surface area contributed by atoms with Crippen molar-refractivity contribution in [2.45, 2.75) is 58.8 Å². The number of imidazole rings is 1. The fraction of sp³-hybridized carbons (Fsp3) is 0.455. The first-order valence-electron chi connectivity index (χ1n) is 10.9. The van der Waals surface area contributed by atoms with Crippen molar-refractivity contribution >= 4 is 30.4 Å². The molecule has 2 aromatic heterocycles. The lowest BCUT2D eigenvalue weighted by Gasteiger charge is -2.32. The second-order valence-corrected chi connectivity index (χ2v) is 11.2. The molecule has 3 aromatic rings. The number of fused-ring (bicyclic) bond motifs is 1. The summed E-state index contributed by atoms with van der Waals surface area (Å²) in [4.78, 5) is 24.1. The van der Waals surface area contributed by atoms with Gasteiger partial charge in [-0.3, -0.25) is 9.36 Å². The number of rotatable bonds is 11. The lowest BCUT2D eigenvalue weighted by Crippen LogP contribution is -2.47. The number of carboxylic acid groups (broad SMARTS) is 1. The van der Waals surface area contributed by atoms with Crippen molar-refractivity contribution in [3.8, 4) is 0 Å². The van der Waals surface area contributed by atoms with Gasteiger partial charge in [-0.2, -0.15) is 0 Å². The number of aromatic nitrogens is 4. The standard InChI is InChI=1S/C22H32N7O4P/c1-14-6-8-17(9-7-14)16(3)27-34(32,28-22(4,5)21(30)31)13-33-15(2)10-29-12-26-18-19(23)24-11-25-20(18)29/h6-9,11-12,15-16H,10,13H2,1-5H3,(H,30,31)(H2,23,24,25)(H2,27,28,32)/t15-,16-,34-/m1/s1. The average molecular weight is 490 g/mol. The molecule has 0 fully saturated rings. The van der Waals surface area contributed by atoms with E-state index in [9.17, 15) is 14.5 Å². The van der Waals surface area contributed by atoms with Crippen molar-refractivity contribution in [2.24, 2.45) is 0 Å². The second kappa shape index (κ2) is 10.2. The number of hydrogen-bond acceptors (Lipinski definition) is 7. The Morgan fingerprint density at radius 3 is 2.56 bits per heavy atom. The van der Waals surface area contributed by atoms with Crippen LogP contribution >= 0.6 is 7.44 Å². The van der Waals surface area contributed by atoms with Crippen molar-refractivity contribution in [3.63, 3.8) is 0 Å². The van der Waals surface area contributed by atoms with Crippen molar-refractivity contribution in [1.29, 1.82) is 0 Å². The number of nitrogens with one attached hydrogen (secondary N) is 2. The van der Waals surface area contributed by atoms with Crippen LogP contribution in [-0.2, 0) is 20.6 Å². The Morgan fingerprint density at radius 1 is 1.24 bits per heavy atom. The maximum Gasteiger partial charge on any atom is 0.323 e. The molecule has 0 aliphatic carbocycles. The highest BCUT2D eigenvalue weighted by Gasteiger charge is 2.37. The number of aliphatic carboxylic acids is 1. The molecule has 1 aromatic carbocycles. The van der Waals surface area contributed by atoms with Crippen LogP contribution in [0.5, 0.6) is 0 Å². The van der Waals surface area contributed by atoms with Crippen LogP contribution in [0.3, 0.4) is 0 Å².